The van der Waals surface area contributed by atoms with Gasteiger partial charge in [0, 0.05) is 16.6 Å². The molecule has 1 aromatic rings. The first-order chi connectivity index (χ1) is 9.43. The van der Waals surface area contributed by atoms with Gasteiger partial charge in [0.1, 0.15) is 0 Å². The largest absolute Gasteiger partial charge is 0.352 e. The van der Waals surface area contributed by atoms with Gasteiger partial charge in [-0.2, -0.15) is 0 Å². The van der Waals surface area contributed by atoms with Crippen molar-refractivity contribution in [2.45, 2.75) is 58.7 Å². The first-order valence-corrected chi connectivity index (χ1v) is 8.05. The zero-order chi connectivity index (χ0) is 15.1. The number of amides is 1. The lowest BCUT2D eigenvalue weighted by atomic mass is 10.1. The van der Waals surface area contributed by atoms with E-state index in [1.165, 1.54) is 5.56 Å². The van der Waals surface area contributed by atoms with E-state index in [0.717, 1.165) is 17.3 Å². The second kappa shape index (κ2) is 8.42. The molecule has 3 atom stereocenters. The zero-order valence-electron chi connectivity index (χ0n) is 12.7. The number of nitrogens with one attached hydrogen (secondary N) is 2. The number of halogens is 1. The van der Waals surface area contributed by atoms with E-state index in [1.54, 1.807) is 0 Å². The van der Waals surface area contributed by atoms with E-state index in [2.05, 4.69) is 52.5 Å². The maximum Gasteiger partial charge on any atom is 0.237 e. The van der Waals surface area contributed by atoms with E-state index in [0.29, 0.717) is 0 Å². The fraction of sp³-hybridized carbons (Fsp3) is 0.562. The Morgan fingerprint density at radius 1 is 1.30 bits per heavy atom. The molecular formula is C16H25BrN2O. The molecule has 0 fully saturated rings. The van der Waals surface area contributed by atoms with Gasteiger partial charge >= 0.3 is 0 Å². The van der Waals surface area contributed by atoms with Gasteiger partial charge in [-0.3, -0.25) is 10.1 Å². The van der Waals surface area contributed by atoms with Crippen LogP contribution in [-0.4, -0.2) is 18.0 Å². The van der Waals surface area contributed by atoms with Crippen molar-refractivity contribution >= 4 is 21.8 Å². The Morgan fingerprint density at radius 3 is 2.60 bits per heavy atom. The minimum Gasteiger partial charge on any atom is -0.352 e. The Kier molecular flexibility index (Phi) is 7.24. The highest BCUT2D eigenvalue weighted by molar-refractivity contribution is 9.10. The molecule has 0 saturated heterocycles. The molecule has 20 heavy (non-hydrogen) atoms. The van der Waals surface area contributed by atoms with Crippen LogP contribution in [0.1, 0.15) is 52.1 Å². The molecule has 1 aromatic carbocycles. The van der Waals surface area contributed by atoms with Crippen LogP contribution in [0.5, 0.6) is 0 Å². The molecule has 2 N–H and O–H groups in total. The molecule has 1 rings (SSSR count). The molecule has 0 aliphatic heterocycles. The quantitative estimate of drug-likeness (QED) is 0.792. The summed E-state index contributed by atoms with van der Waals surface area (Å²) in [4.78, 5) is 12.1. The normalized spacial score (nSPS) is 15.4. The third kappa shape index (κ3) is 5.63. The first kappa shape index (κ1) is 17.2. The van der Waals surface area contributed by atoms with Gasteiger partial charge in [-0.15, -0.1) is 0 Å². The van der Waals surface area contributed by atoms with Crippen molar-refractivity contribution in [3.05, 3.63) is 34.3 Å². The number of hydrogen-bond donors (Lipinski definition) is 2. The molecule has 4 heteroatoms. The van der Waals surface area contributed by atoms with E-state index in [1.807, 2.05) is 26.0 Å². The third-order valence-corrected chi connectivity index (χ3v) is 3.85. The van der Waals surface area contributed by atoms with Gasteiger partial charge in [-0.1, -0.05) is 41.4 Å². The predicted octanol–water partition coefficient (Wildman–Crippen LogP) is 3.79. The van der Waals surface area contributed by atoms with Crippen LogP contribution in [0.3, 0.4) is 0 Å². The van der Waals surface area contributed by atoms with Gasteiger partial charge in [0.05, 0.1) is 6.04 Å². The summed E-state index contributed by atoms with van der Waals surface area (Å²) < 4.78 is 1.05. The van der Waals surface area contributed by atoms with E-state index in [4.69, 9.17) is 0 Å². The van der Waals surface area contributed by atoms with Gasteiger partial charge in [-0.05, 0) is 44.9 Å². The molecule has 0 heterocycles. The number of carbonyl (C=O) groups is 1. The molecule has 0 aliphatic carbocycles. The maximum absolute atomic E-state index is 12.1. The van der Waals surface area contributed by atoms with Gasteiger partial charge < -0.3 is 5.32 Å². The van der Waals surface area contributed by atoms with E-state index in [9.17, 15) is 4.79 Å². The van der Waals surface area contributed by atoms with Crippen molar-refractivity contribution in [2.75, 3.05) is 0 Å². The number of hydrogen-bond acceptors (Lipinski definition) is 2. The SMILES string of the molecule is CCCC(C)NC(=O)C(C)N[C@H](C)c1cccc(Br)c1. The summed E-state index contributed by atoms with van der Waals surface area (Å²) in [7, 11) is 0. The van der Waals surface area contributed by atoms with E-state index < -0.39 is 0 Å². The third-order valence-electron chi connectivity index (χ3n) is 3.35. The molecule has 112 valence electrons. The summed E-state index contributed by atoms with van der Waals surface area (Å²) in [5, 5.41) is 6.38. The van der Waals surface area contributed by atoms with Crippen molar-refractivity contribution in [3.63, 3.8) is 0 Å². The minimum absolute atomic E-state index is 0.0628. The zero-order valence-corrected chi connectivity index (χ0v) is 14.3. The summed E-state index contributed by atoms with van der Waals surface area (Å²) in [6, 6.07) is 8.30. The lowest BCUT2D eigenvalue weighted by Gasteiger charge is -2.22. The number of benzene rings is 1. The van der Waals surface area contributed by atoms with Crippen LogP contribution in [0.4, 0.5) is 0 Å². The number of carbonyl (C=O) groups excluding carboxylic acids is 1. The second-order valence-corrected chi connectivity index (χ2v) is 6.28. The monoisotopic (exact) mass is 340 g/mol. The standard InChI is InChI=1S/C16H25BrN2O/c1-5-7-11(2)18-16(20)13(4)19-12(3)14-8-6-9-15(17)10-14/h6,8-13,19H,5,7H2,1-4H3,(H,18,20)/t11?,12-,13?/m1/s1. The van der Waals surface area contributed by atoms with Crippen LogP contribution >= 0.6 is 15.9 Å². The Balaban J connectivity index is 2.52. The maximum atomic E-state index is 12.1. The van der Waals surface area contributed by atoms with Crippen molar-refractivity contribution in [1.29, 1.82) is 0 Å². The van der Waals surface area contributed by atoms with E-state index in [-0.39, 0.29) is 24.0 Å². The number of rotatable bonds is 7. The highest BCUT2D eigenvalue weighted by Crippen LogP contribution is 2.18. The molecule has 3 nitrogen and oxygen atoms in total. The Bertz CT molecular complexity index is 436. The topological polar surface area (TPSA) is 41.1 Å². The molecule has 0 aliphatic rings. The van der Waals surface area contributed by atoms with Gasteiger partial charge in [0.2, 0.25) is 5.91 Å². The van der Waals surface area contributed by atoms with Gasteiger partial charge in [0.25, 0.3) is 0 Å². The van der Waals surface area contributed by atoms with Crippen LogP contribution in [-0.2, 0) is 4.79 Å². The lowest BCUT2D eigenvalue weighted by molar-refractivity contribution is -0.123. The Hall–Kier alpha value is -0.870. The fourth-order valence-electron chi connectivity index (χ4n) is 2.20. The second-order valence-electron chi connectivity index (χ2n) is 5.36. The summed E-state index contributed by atoms with van der Waals surface area (Å²) in [6.45, 7) is 8.15. The Morgan fingerprint density at radius 2 is 2.00 bits per heavy atom. The summed E-state index contributed by atoms with van der Waals surface area (Å²) >= 11 is 3.47. The van der Waals surface area contributed by atoms with Crippen LogP contribution < -0.4 is 10.6 Å². The molecule has 0 radical (unpaired) electrons. The summed E-state index contributed by atoms with van der Waals surface area (Å²) in [6.07, 6.45) is 2.09. The van der Waals surface area contributed by atoms with Crippen molar-refractivity contribution < 1.29 is 4.79 Å². The Labute approximate surface area is 130 Å². The first-order valence-electron chi connectivity index (χ1n) is 7.26. The van der Waals surface area contributed by atoms with Crippen LogP contribution in [0.15, 0.2) is 28.7 Å². The molecule has 0 aromatic heterocycles. The van der Waals surface area contributed by atoms with Crippen molar-refractivity contribution in [3.8, 4) is 0 Å². The van der Waals surface area contributed by atoms with E-state index >= 15 is 0 Å². The molecule has 0 saturated carbocycles. The predicted molar refractivity (Wildman–Crippen MR) is 87.7 cm³/mol. The fourth-order valence-corrected chi connectivity index (χ4v) is 2.61. The molecule has 0 spiro atoms. The highest BCUT2D eigenvalue weighted by Gasteiger charge is 2.17. The molecule has 0 bridgehead atoms. The van der Waals surface area contributed by atoms with Crippen LogP contribution in [0.25, 0.3) is 0 Å². The van der Waals surface area contributed by atoms with Gasteiger partial charge in [0.15, 0.2) is 0 Å². The average Bonchev–Trinajstić information content (AvgIpc) is 2.38. The molecule has 2 unspecified atom stereocenters. The van der Waals surface area contributed by atoms with Crippen molar-refractivity contribution in [2.24, 2.45) is 0 Å². The van der Waals surface area contributed by atoms with Crippen LogP contribution in [0, 0.1) is 0 Å². The highest BCUT2D eigenvalue weighted by atomic mass is 79.9. The molecule has 1 amide bonds. The molecular weight excluding hydrogens is 316 g/mol. The summed E-state index contributed by atoms with van der Waals surface area (Å²) in [5.41, 5.74) is 1.17. The minimum atomic E-state index is -0.205. The summed E-state index contributed by atoms with van der Waals surface area (Å²) in [5.74, 6) is 0.0628. The lowest BCUT2D eigenvalue weighted by Crippen LogP contribution is -2.46. The van der Waals surface area contributed by atoms with Crippen LogP contribution in [0.2, 0.25) is 0 Å². The van der Waals surface area contributed by atoms with Crippen molar-refractivity contribution in [1.82, 2.24) is 10.6 Å². The van der Waals surface area contributed by atoms with Gasteiger partial charge in [-0.25, -0.2) is 0 Å². The average molecular weight is 341 g/mol. The smallest absolute Gasteiger partial charge is 0.237 e.